The van der Waals surface area contributed by atoms with Crippen LogP contribution in [0.15, 0.2) is 52.2 Å². The van der Waals surface area contributed by atoms with Crippen LogP contribution < -0.4 is 5.56 Å². The van der Waals surface area contributed by atoms with Gasteiger partial charge in [0.1, 0.15) is 5.78 Å². The van der Waals surface area contributed by atoms with E-state index in [0.717, 1.165) is 36.0 Å². The molecule has 0 radical (unpaired) electrons. The maximum absolute atomic E-state index is 12.5. The molecule has 29 heavy (non-hydrogen) atoms. The fraction of sp³-hybridized carbons (Fsp3) is 0.391. The van der Waals surface area contributed by atoms with Crippen molar-refractivity contribution in [2.75, 3.05) is 0 Å². The molecule has 2 aliphatic carbocycles. The summed E-state index contributed by atoms with van der Waals surface area (Å²) in [5.41, 5.74) is 2.95. The Morgan fingerprint density at radius 3 is 2.34 bits per heavy atom. The number of sulfone groups is 1. The lowest BCUT2D eigenvalue weighted by Crippen LogP contribution is -2.14. The molecule has 1 aromatic carbocycles. The Labute approximate surface area is 170 Å². The van der Waals surface area contributed by atoms with Crippen LogP contribution >= 0.6 is 0 Å². The first-order valence-corrected chi connectivity index (χ1v) is 11.7. The highest BCUT2D eigenvalue weighted by molar-refractivity contribution is 7.92. The number of H-pyrrole nitrogens is 1. The van der Waals surface area contributed by atoms with Crippen molar-refractivity contribution in [2.24, 2.45) is 5.92 Å². The monoisotopic (exact) mass is 411 g/mol. The maximum atomic E-state index is 12.5. The van der Waals surface area contributed by atoms with E-state index >= 15 is 0 Å². The Morgan fingerprint density at radius 1 is 1.07 bits per heavy atom. The molecule has 0 amide bonds. The molecule has 0 bridgehead atoms. The van der Waals surface area contributed by atoms with Crippen molar-refractivity contribution in [1.82, 2.24) is 4.98 Å². The number of carbonyl (C=O) groups excluding carboxylic acids is 1. The van der Waals surface area contributed by atoms with E-state index in [1.807, 2.05) is 25.1 Å². The molecular weight excluding hydrogens is 386 g/mol. The third-order valence-corrected chi connectivity index (χ3v) is 8.08. The van der Waals surface area contributed by atoms with Crippen molar-refractivity contribution in [3.05, 3.63) is 69.6 Å². The first-order valence-electron chi connectivity index (χ1n) is 10.2. The minimum Gasteiger partial charge on any atom is -0.322 e. The number of hydrogen-bond acceptors (Lipinski definition) is 4. The number of Topliss-reactive ketones (excluding diaryl/α,β-unsaturated/α-hetero) is 1. The van der Waals surface area contributed by atoms with E-state index in [-0.39, 0.29) is 22.5 Å². The van der Waals surface area contributed by atoms with E-state index in [1.165, 1.54) is 0 Å². The molecule has 0 unspecified atom stereocenters. The second kappa shape index (κ2) is 7.75. The molecule has 2 saturated carbocycles. The topological polar surface area (TPSA) is 84.1 Å². The first kappa shape index (κ1) is 19.8. The van der Waals surface area contributed by atoms with Crippen LogP contribution in [0.3, 0.4) is 0 Å². The van der Waals surface area contributed by atoms with E-state index in [1.54, 1.807) is 24.3 Å². The third kappa shape index (κ3) is 4.13. The van der Waals surface area contributed by atoms with E-state index in [4.69, 9.17) is 0 Å². The summed E-state index contributed by atoms with van der Waals surface area (Å²) in [4.78, 5) is 27.4. The number of nitrogens with one attached hydrogen (secondary N) is 1. The van der Waals surface area contributed by atoms with E-state index < -0.39 is 9.84 Å². The van der Waals surface area contributed by atoms with E-state index in [0.29, 0.717) is 29.9 Å². The molecule has 2 fully saturated rings. The number of benzene rings is 1. The number of hydrogen-bond donors (Lipinski definition) is 1. The van der Waals surface area contributed by atoms with Gasteiger partial charge in [-0.25, -0.2) is 8.42 Å². The summed E-state index contributed by atoms with van der Waals surface area (Å²) in [5.74, 6) is 0.382. The fourth-order valence-corrected chi connectivity index (χ4v) is 5.55. The van der Waals surface area contributed by atoms with Gasteiger partial charge in [-0.2, -0.15) is 0 Å². The largest absolute Gasteiger partial charge is 0.322 e. The number of rotatable bonds is 6. The number of aromatic nitrogens is 1. The average Bonchev–Trinajstić information content (AvgIpc) is 3.49. The van der Waals surface area contributed by atoms with Gasteiger partial charge in [-0.15, -0.1) is 0 Å². The Morgan fingerprint density at radius 2 is 1.79 bits per heavy atom. The average molecular weight is 412 g/mol. The lowest BCUT2D eigenvalue weighted by molar-refractivity contribution is -0.117. The van der Waals surface area contributed by atoms with Crippen molar-refractivity contribution in [2.45, 2.75) is 55.6 Å². The zero-order valence-electron chi connectivity index (χ0n) is 16.5. The highest BCUT2D eigenvalue weighted by Crippen LogP contribution is 2.35. The highest BCUT2D eigenvalue weighted by Gasteiger charge is 2.36. The van der Waals surface area contributed by atoms with Crippen LogP contribution in [0, 0.1) is 5.92 Å². The van der Waals surface area contributed by atoms with Gasteiger partial charge in [0.05, 0.1) is 10.1 Å². The third-order valence-electron chi connectivity index (χ3n) is 5.81. The zero-order valence-corrected chi connectivity index (χ0v) is 17.3. The summed E-state index contributed by atoms with van der Waals surface area (Å²) in [6, 6.07) is 10.6. The lowest BCUT2D eigenvalue weighted by atomic mass is 9.95. The Bertz CT molecular complexity index is 1120. The zero-order chi connectivity index (χ0) is 20.6. The minimum absolute atomic E-state index is 0.119. The molecular formula is C23H25NO4S. The Hall–Kier alpha value is -2.47. The van der Waals surface area contributed by atoms with Crippen LogP contribution in [0.4, 0.5) is 0 Å². The van der Waals surface area contributed by atoms with Crippen LogP contribution in [0.5, 0.6) is 0 Å². The van der Waals surface area contributed by atoms with Crippen LogP contribution in [0.2, 0.25) is 0 Å². The van der Waals surface area contributed by atoms with Gasteiger partial charge >= 0.3 is 0 Å². The quantitative estimate of drug-likeness (QED) is 0.786. The Balaban J connectivity index is 1.74. The van der Waals surface area contributed by atoms with Gasteiger partial charge in [-0.05, 0) is 55.4 Å². The van der Waals surface area contributed by atoms with Gasteiger partial charge in [-0.3, -0.25) is 9.59 Å². The molecule has 1 N–H and O–H groups in total. The number of aromatic amines is 1. The molecule has 1 aromatic heterocycles. The second-order valence-corrected chi connectivity index (χ2v) is 10.2. The van der Waals surface area contributed by atoms with Gasteiger partial charge in [0.15, 0.2) is 9.84 Å². The molecule has 2 aliphatic rings. The van der Waals surface area contributed by atoms with Crippen molar-refractivity contribution < 1.29 is 13.2 Å². The number of allylic oxidation sites excluding steroid dienone is 1. The first-order chi connectivity index (χ1) is 13.9. The maximum Gasteiger partial charge on any atom is 0.251 e. The summed E-state index contributed by atoms with van der Waals surface area (Å²) in [6.07, 6.45) is 6.05. The molecule has 0 saturated heterocycles. The summed E-state index contributed by atoms with van der Waals surface area (Å²) in [6.45, 7) is 1.93. The smallest absolute Gasteiger partial charge is 0.251 e. The molecule has 0 spiro atoms. The highest BCUT2D eigenvalue weighted by atomic mass is 32.2. The molecule has 6 heteroatoms. The van der Waals surface area contributed by atoms with Crippen molar-refractivity contribution >= 4 is 21.2 Å². The predicted molar refractivity (Wildman–Crippen MR) is 113 cm³/mol. The fourth-order valence-electron chi connectivity index (χ4n) is 3.90. The van der Waals surface area contributed by atoms with Crippen molar-refractivity contribution in [3.8, 4) is 0 Å². The van der Waals surface area contributed by atoms with E-state index in [2.05, 4.69) is 4.98 Å². The number of ketones is 1. The van der Waals surface area contributed by atoms with Crippen LogP contribution in [0.25, 0.3) is 5.57 Å². The molecule has 2 aromatic rings. The predicted octanol–water partition coefficient (Wildman–Crippen LogP) is 3.67. The van der Waals surface area contributed by atoms with Crippen LogP contribution in [0.1, 0.15) is 55.8 Å². The lowest BCUT2D eigenvalue weighted by Gasteiger charge is -2.13. The summed E-state index contributed by atoms with van der Waals surface area (Å²) < 4.78 is 25.0. The molecule has 0 aliphatic heterocycles. The van der Waals surface area contributed by atoms with Crippen molar-refractivity contribution in [3.63, 3.8) is 0 Å². The molecule has 152 valence electrons. The number of pyridine rings is 1. The molecule has 5 nitrogen and oxygen atoms in total. The minimum atomic E-state index is -3.24. The summed E-state index contributed by atoms with van der Waals surface area (Å²) in [5, 5.41) is -0.245. The standard InChI is InChI=1S/C23H25NO4S/c1-2-16-6-12-22(24-23(16)26)21(14-15-3-7-18(25)13-15)17-4-8-19(9-5-17)29(27,28)20-10-11-20/h4-6,8-9,12,14-15,20H,2-3,7,10-11,13H2,1H3,(H,24,26)/b21-14-/t15-/m0/s1. The molecule has 1 heterocycles. The van der Waals surface area contributed by atoms with Crippen LogP contribution in [-0.4, -0.2) is 24.4 Å². The normalized spacial score (nSPS) is 20.2. The number of aryl methyl sites for hydroxylation is 1. The van der Waals surface area contributed by atoms with Gasteiger partial charge in [0.25, 0.3) is 5.56 Å². The Kier molecular flexibility index (Phi) is 5.30. The summed E-state index contributed by atoms with van der Waals surface area (Å²) in [7, 11) is -3.24. The van der Waals surface area contributed by atoms with E-state index in [9.17, 15) is 18.0 Å². The van der Waals surface area contributed by atoms with Crippen molar-refractivity contribution in [1.29, 1.82) is 0 Å². The second-order valence-electron chi connectivity index (χ2n) is 7.97. The van der Waals surface area contributed by atoms with Gasteiger partial charge in [-0.1, -0.05) is 31.2 Å². The van der Waals surface area contributed by atoms with Gasteiger partial charge < -0.3 is 4.98 Å². The molecule has 4 rings (SSSR count). The summed E-state index contributed by atoms with van der Waals surface area (Å²) >= 11 is 0. The van der Waals surface area contributed by atoms with Crippen LogP contribution in [-0.2, 0) is 21.1 Å². The van der Waals surface area contributed by atoms with Gasteiger partial charge in [0.2, 0.25) is 0 Å². The SMILES string of the molecule is CCc1ccc(/C(=C\[C@H]2CCC(=O)C2)c2ccc(S(=O)(=O)C3CC3)cc2)[nH]c1=O. The number of carbonyl (C=O) groups is 1. The molecule has 1 atom stereocenters. The van der Waals surface area contributed by atoms with Gasteiger partial charge in [0, 0.05) is 29.7 Å².